The molecule has 1 fully saturated rings. The van der Waals surface area contributed by atoms with Crippen molar-refractivity contribution in [2.45, 2.75) is 18.4 Å². The van der Waals surface area contributed by atoms with Gasteiger partial charge in [-0.2, -0.15) is 0 Å². The average Bonchev–Trinajstić information content (AvgIpc) is 2.86. The van der Waals surface area contributed by atoms with Crippen LogP contribution in [0.2, 0.25) is 0 Å². The first-order valence-electron chi connectivity index (χ1n) is 11.3. The Balaban J connectivity index is 1.52. The molecule has 3 aromatic rings. The molecule has 182 valence electrons. The molecule has 0 bridgehead atoms. The van der Waals surface area contributed by atoms with E-state index in [4.69, 9.17) is 4.74 Å². The molecule has 0 spiro atoms. The number of aromatic nitrogens is 1. The van der Waals surface area contributed by atoms with Gasteiger partial charge in [-0.1, -0.05) is 18.2 Å². The Hall–Kier alpha value is -3.62. The van der Waals surface area contributed by atoms with Gasteiger partial charge in [-0.25, -0.2) is 13.8 Å². The van der Waals surface area contributed by atoms with Crippen molar-refractivity contribution in [1.82, 2.24) is 9.88 Å². The van der Waals surface area contributed by atoms with Crippen LogP contribution in [0, 0.1) is 11.6 Å². The Labute approximate surface area is 202 Å². The maximum Gasteiger partial charge on any atom is 0.198 e. The molecule has 1 aromatic heterocycles. The first-order valence-corrected chi connectivity index (χ1v) is 11.3. The van der Waals surface area contributed by atoms with Crippen LogP contribution in [0.1, 0.15) is 34.3 Å². The summed E-state index contributed by atoms with van der Waals surface area (Å²) in [7, 11) is 3.52. The highest BCUT2D eigenvalue weighted by molar-refractivity contribution is 6.11. The fourth-order valence-electron chi connectivity index (χ4n) is 3.92. The number of anilines is 2. The van der Waals surface area contributed by atoms with E-state index in [1.165, 1.54) is 19.4 Å². The molecule has 2 N–H and O–H groups in total. The molecule has 35 heavy (non-hydrogen) atoms. The number of piperidine rings is 1. The number of carbonyl (C=O) groups excluding carboxylic acids is 1. The van der Waals surface area contributed by atoms with Gasteiger partial charge in [0.15, 0.2) is 5.78 Å². The summed E-state index contributed by atoms with van der Waals surface area (Å²) in [5.74, 6) is -0.982. The largest absolute Gasteiger partial charge is 0.496 e. The number of nitrogens with zero attached hydrogens (tertiary/aromatic N) is 2. The van der Waals surface area contributed by atoms with Crippen LogP contribution in [0.25, 0.3) is 6.08 Å². The van der Waals surface area contributed by atoms with E-state index in [1.807, 2.05) is 19.2 Å². The summed E-state index contributed by atoms with van der Waals surface area (Å²) in [6, 6.07) is 11.6. The highest BCUT2D eigenvalue weighted by Gasteiger charge is 2.28. The number of ether oxygens (including phenoxy) is 1. The molecule has 2 aromatic carbocycles. The molecular weight excluding hydrogens is 452 g/mol. The van der Waals surface area contributed by atoms with Crippen LogP contribution in [-0.4, -0.2) is 53.6 Å². The predicted molar refractivity (Wildman–Crippen MR) is 131 cm³/mol. The van der Waals surface area contributed by atoms with E-state index in [-0.39, 0.29) is 11.5 Å². The third-order valence-electron chi connectivity index (χ3n) is 6.13. The lowest BCUT2D eigenvalue weighted by Gasteiger charge is -2.34. The SMILES string of the molecule is COc1ccc(/C=C/C2(O)CCN(C)CC2)cc1C(=O)c1ccc(Nc2ccc(F)cc2F)nc1. The van der Waals surface area contributed by atoms with E-state index >= 15 is 0 Å². The Morgan fingerprint density at radius 3 is 2.57 bits per heavy atom. The van der Waals surface area contributed by atoms with Crippen LogP contribution >= 0.6 is 0 Å². The average molecular weight is 480 g/mol. The lowest BCUT2D eigenvalue weighted by atomic mass is 9.90. The Bertz CT molecular complexity index is 1240. The topological polar surface area (TPSA) is 74.7 Å². The number of halogens is 2. The molecule has 0 aliphatic carbocycles. The number of benzene rings is 2. The van der Waals surface area contributed by atoms with Crippen molar-refractivity contribution in [2.75, 3.05) is 32.6 Å². The molecule has 1 saturated heterocycles. The lowest BCUT2D eigenvalue weighted by Crippen LogP contribution is -2.41. The van der Waals surface area contributed by atoms with Crippen LogP contribution in [0.4, 0.5) is 20.3 Å². The summed E-state index contributed by atoms with van der Waals surface area (Å²) in [6.07, 6.45) is 6.30. The zero-order valence-corrected chi connectivity index (χ0v) is 19.6. The van der Waals surface area contributed by atoms with Crippen molar-refractivity contribution >= 4 is 23.4 Å². The number of likely N-dealkylation sites (tertiary alicyclic amines) is 1. The quantitative estimate of drug-likeness (QED) is 0.474. The summed E-state index contributed by atoms with van der Waals surface area (Å²) in [6.45, 7) is 1.64. The van der Waals surface area contributed by atoms with Gasteiger partial charge in [0.1, 0.15) is 23.2 Å². The van der Waals surface area contributed by atoms with Gasteiger partial charge < -0.3 is 20.1 Å². The molecule has 1 aliphatic rings. The van der Waals surface area contributed by atoms with Gasteiger partial charge in [-0.15, -0.1) is 0 Å². The van der Waals surface area contributed by atoms with Gasteiger partial charge in [0.05, 0.1) is 24.0 Å². The molecule has 0 atom stereocenters. The molecular formula is C27H27F2N3O3. The maximum absolute atomic E-state index is 13.9. The summed E-state index contributed by atoms with van der Waals surface area (Å²) < 4.78 is 32.4. The van der Waals surface area contributed by atoms with Crippen molar-refractivity contribution in [2.24, 2.45) is 0 Å². The fourth-order valence-corrected chi connectivity index (χ4v) is 3.92. The molecule has 0 amide bonds. The molecule has 4 rings (SSSR count). The van der Waals surface area contributed by atoms with Crippen molar-refractivity contribution in [3.05, 3.63) is 89.1 Å². The monoisotopic (exact) mass is 479 g/mol. The van der Waals surface area contributed by atoms with E-state index in [1.54, 1.807) is 30.3 Å². The number of hydrogen-bond acceptors (Lipinski definition) is 6. The number of hydrogen-bond donors (Lipinski definition) is 2. The predicted octanol–water partition coefficient (Wildman–Crippen LogP) is 4.81. The first-order chi connectivity index (χ1) is 16.8. The minimum atomic E-state index is -0.868. The van der Waals surface area contributed by atoms with E-state index in [9.17, 15) is 18.7 Å². The minimum absolute atomic E-state index is 0.0744. The molecule has 0 radical (unpaired) electrons. The van der Waals surface area contributed by atoms with E-state index in [0.29, 0.717) is 35.5 Å². The van der Waals surface area contributed by atoms with Crippen LogP contribution in [0.5, 0.6) is 5.75 Å². The smallest absolute Gasteiger partial charge is 0.198 e. The Morgan fingerprint density at radius 2 is 1.91 bits per heavy atom. The first kappa shape index (κ1) is 24.5. The van der Waals surface area contributed by atoms with Crippen LogP contribution in [0.3, 0.4) is 0 Å². The molecule has 8 heteroatoms. The van der Waals surface area contributed by atoms with Crippen molar-refractivity contribution in [3.8, 4) is 5.75 Å². The second-order valence-corrected chi connectivity index (χ2v) is 8.71. The minimum Gasteiger partial charge on any atom is -0.496 e. The lowest BCUT2D eigenvalue weighted by molar-refractivity contribution is 0.0272. The third kappa shape index (κ3) is 5.90. The number of aliphatic hydroxyl groups is 1. The van der Waals surface area contributed by atoms with Crippen LogP contribution < -0.4 is 10.1 Å². The van der Waals surface area contributed by atoms with Gasteiger partial charge in [-0.3, -0.25) is 4.79 Å². The number of pyridine rings is 1. The highest BCUT2D eigenvalue weighted by Crippen LogP contribution is 2.27. The molecule has 0 saturated carbocycles. The van der Waals surface area contributed by atoms with Gasteiger partial charge in [0, 0.05) is 30.9 Å². The van der Waals surface area contributed by atoms with Gasteiger partial charge in [0.2, 0.25) is 0 Å². The maximum atomic E-state index is 13.9. The summed E-state index contributed by atoms with van der Waals surface area (Å²) in [5.41, 5.74) is 0.651. The molecule has 2 heterocycles. The van der Waals surface area contributed by atoms with E-state index < -0.39 is 17.2 Å². The van der Waals surface area contributed by atoms with Crippen LogP contribution in [0.15, 0.2) is 60.8 Å². The van der Waals surface area contributed by atoms with Crippen molar-refractivity contribution in [3.63, 3.8) is 0 Å². The Morgan fingerprint density at radius 1 is 1.14 bits per heavy atom. The number of methoxy groups -OCH3 is 1. The normalized spacial score (nSPS) is 15.8. The second kappa shape index (κ2) is 10.3. The van der Waals surface area contributed by atoms with Crippen LogP contribution in [-0.2, 0) is 0 Å². The van der Waals surface area contributed by atoms with Gasteiger partial charge >= 0.3 is 0 Å². The Kier molecular flexibility index (Phi) is 7.23. The summed E-state index contributed by atoms with van der Waals surface area (Å²) in [4.78, 5) is 19.6. The summed E-state index contributed by atoms with van der Waals surface area (Å²) in [5, 5.41) is 13.6. The van der Waals surface area contributed by atoms with Gasteiger partial charge in [0.25, 0.3) is 0 Å². The zero-order chi connectivity index (χ0) is 25.0. The van der Waals surface area contributed by atoms with Crippen molar-refractivity contribution in [1.29, 1.82) is 0 Å². The van der Waals surface area contributed by atoms with Crippen molar-refractivity contribution < 1.29 is 23.4 Å². The zero-order valence-electron chi connectivity index (χ0n) is 19.6. The van der Waals surface area contributed by atoms with Gasteiger partial charge in [-0.05, 0) is 61.9 Å². The molecule has 1 aliphatic heterocycles. The summed E-state index contributed by atoms with van der Waals surface area (Å²) >= 11 is 0. The third-order valence-corrected chi connectivity index (χ3v) is 6.13. The fraction of sp³-hybridized carbons (Fsp3) is 0.259. The second-order valence-electron chi connectivity index (χ2n) is 8.71. The standard InChI is InChI=1S/C27H27F2N3O3/c1-32-13-11-27(34,12-14-32)10-9-18-3-7-24(35-2)21(15-18)26(33)19-4-8-25(30-17-19)31-23-6-5-20(28)16-22(23)29/h3-10,15-17,34H,11-14H2,1-2H3,(H,30,31)/b10-9+. The molecule has 6 nitrogen and oxygen atoms in total. The molecule has 0 unspecified atom stereocenters. The number of carbonyl (C=O) groups is 1. The number of ketones is 1. The van der Waals surface area contributed by atoms with E-state index in [2.05, 4.69) is 15.2 Å². The number of rotatable bonds is 7. The number of nitrogens with one attached hydrogen (secondary N) is 1. The van der Waals surface area contributed by atoms with E-state index in [0.717, 1.165) is 30.8 Å². The highest BCUT2D eigenvalue weighted by atomic mass is 19.1.